The normalized spacial score (nSPS) is 17.1. The minimum atomic E-state index is -0.0135. The van der Waals surface area contributed by atoms with E-state index in [1.165, 1.54) is 0 Å². The predicted octanol–water partition coefficient (Wildman–Crippen LogP) is 1.45. The maximum absolute atomic E-state index is 11.0. The van der Waals surface area contributed by atoms with Gasteiger partial charge in [0.2, 0.25) is 0 Å². The van der Waals surface area contributed by atoms with E-state index in [0.29, 0.717) is 18.2 Å². The van der Waals surface area contributed by atoms with Gasteiger partial charge in [0.05, 0.1) is 18.8 Å². The molecule has 1 aromatic rings. The summed E-state index contributed by atoms with van der Waals surface area (Å²) in [4.78, 5) is 11.0. The number of aromatic nitrogens is 3. The summed E-state index contributed by atoms with van der Waals surface area (Å²) in [6.45, 7) is 5.18. The summed E-state index contributed by atoms with van der Waals surface area (Å²) < 4.78 is 1.81. The Morgan fingerprint density at radius 1 is 1.50 bits per heavy atom. The largest absolute Gasteiger partial charge is 0.396 e. The fourth-order valence-corrected chi connectivity index (χ4v) is 2.11. The lowest BCUT2D eigenvalue weighted by Crippen LogP contribution is -2.19. The molecule has 0 saturated heterocycles. The molecular weight excluding hydrogens is 230 g/mol. The van der Waals surface area contributed by atoms with Gasteiger partial charge in [-0.3, -0.25) is 4.79 Å². The van der Waals surface area contributed by atoms with Gasteiger partial charge in [0.25, 0.3) is 0 Å². The van der Waals surface area contributed by atoms with Crippen LogP contribution in [0.1, 0.15) is 49.3 Å². The summed E-state index contributed by atoms with van der Waals surface area (Å²) >= 11 is 0. The number of carbonyl (C=O) groups excluding carboxylic acids is 1. The zero-order valence-electron chi connectivity index (χ0n) is 11.1. The van der Waals surface area contributed by atoms with Gasteiger partial charge < -0.3 is 5.11 Å². The molecule has 1 heterocycles. The smallest absolute Gasteiger partial charge is 0.172 e. The Bertz CT molecular complexity index is 422. The molecule has 0 bridgehead atoms. The molecule has 0 aliphatic heterocycles. The van der Waals surface area contributed by atoms with Crippen molar-refractivity contribution in [3.63, 3.8) is 0 Å². The average molecular weight is 251 g/mol. The number of aliphatic hydroxyl groups excluding tert-OH is 1. The molecule has 0 amide bonds. The number of aldehydes is 1. The Morgan fingerprint density at radius 2 is 2.22 bits per heavy atom. The second-order valence-corrected chi connectivity index (χ2v) is 5.79. The molecule has 18 heavy (non-hydrogen) atoms. The summed E-state index contributed by atoms with van der Waals surface area (Å²) in [5.41, 5.74) is 1.35. The topological polar surface area (TPSA) is 68.0 Å². The van der Waals surface area contributed by atoms with Gasteiger partial charge in [0.1, 0.15) is 5.69 Å². The molecule has 1 aromatic heterocycles. The highest BCUT2D eigenvalue weighted by Crippen LogP contribution is 2.46. The lowest BCUT2D eigenvalue weighted by molar-refractivity contribution is 0.111. The van der Waals surface area contributed by atoms with E-state index in [-0.39, 0.29) is 12.0 Å². The van der Waals surface area contributed by atoms with E-state index >= 15 is 0 Å². The standard InChI is InChI=1S/C13H21N3O2/c1-10(2)3-4-12-11(7-17)14-15-16(12)8-13(9-18)5-6-13/h7,10,18H,3-6,8-9H2,1-2H3. The van der Waals surface area contributed by atoms with E-state index in [1.807, 2.05) is 4.68 Å². The number of carbonyl (C=O) groups is 1. The molecule has 100 valence electrons. The monoisotopic (exact) mass is 251 g/mol. The highest BCUT2D eigenvalue weighted by Gasteiger charge is 2.43. The molecule has 0 radical (unpaired) electrons. The van der Waals surface area contributed by atoms with Crippen LogP contribution in [0, 0.1) is 11.3 Å². The van der Waals surface area contributed by atoms with Gasteiger partial charge in [-0.1, -0.05) is 19.1 Å². The maximum atomic E-state index is 11.0. The van der Waals surface area contributed by atoms with Crippen molar-refractivity contribution in [3.05, 3.63) is 11.4 Å². The molecule has 1 N–H and O–H groups in total. The van der Waals surface area contributed by atoms with E-state index in [0.717, 1.165) is 37.7 Å². The number of aliphatic hydroxyl groups is 1. The van der Waals surface area contributed by atoms with Crippen LogP contribution in [-0.2, 0) is 13.0 Å². The molecule has 0 aromatic carbocycles. The summed E-state index contributed by atoms with van der Waals surface area (Å²) in [6, 6.07) is 0. The van der Waals surface area contributed by atoms with Crippen LogP contribution in [0.3, 0.4) is 0 Å². The van der Waals surface area contributed by atoms with Crippen molar-refractivity contribution < 1.29 is 9.90 Å². The molecular formula is C13H21N3O2. The fourth-order valence-electron chi connectivity index (χ4n) is 2.11. The van der Waals surface area contributed by atoms with Crippen molar-refractivity contribution in [1.82, 2.24) is 15.0 Å². The van der Waals surface area contributed by atoms with Crippen molar-refractivity contribution in [1.29, 1.82) is 0 Å². The van der Waals surface area contributed by atoms with Gasteiger partial charge >= 0.3 is 0 Å². The molecule has 0 atom stereocenters. The third-order valence-corrected chi connectivity index (χ3v) is 3.72. The first-order valence-corrected chi connectivity index (χ1v) is 6.58. The first-order valence-electron chi connectivity index (χ1n) is 6.58. The molecule has 1 aliphatic rings. The van der Waals surface area contributed by atoms with Crippen LogP contribution in [0.2, 0.25) is 0 Å². The molecule has 1 fully saturated rings. The third-order valence-electron chi connectivity index (χ3n) is 3.72. The van der Waals surface area contributed by atoms with Gasteiger partial charge in [-0.25, -0.2) is 4.68 Å². The molecule has 2 rings (SSSR count). The van der Waals surface area contributed by atoms with Crippen LogP contribution in [0.4, 0.5) is 0 Å². The highest BCUT2D eigenvalue weighted by atomic mass is 16.3. The summed E-state index contributed by atoms with van der Waals surface area (Å²) in [5, 5.41) is 17.3. The van der Waals surface area contributed by atoms with Crippen molar-refractivity contribution in [2.75, 3.05) is 6.61 Å². The number of rotatable bonds is 7. The van der Waals surface area contributed by atoms with Gasteiger partial charge in [-0.05, 0) is 31.6 Å². The second kappa shape index (κ2) is 5.18. The molecule has 5 heteroatoms. The Morgan fingerprint density at radius 3 is 2.72 bits per heavy atom. The minimum Gasteiger partial charge on any atom is -0.396 e. The van der Waals surface area contributed by atoms with Gasteiger partial charge in [-0.2, -0.15) is 0 Å². The lowest BCUT2D eigenvalue weighted by Gasteiger charge is -2.14. The van der Waals surface area contributed by atoms with Crippen molar-refractivity contribution in [3.8, 4) is 0 Å². The Kier molecular flexibility index (Phi) is 3.80. The highest BCUT2D eigenvalue weighted by molar-refractivity contribution is 5.73. The van der Waals surface area contributed by atoms with E-state index in [9.17, 15) is 9.90 Å². The van der Waals surface area contributed by atoms with Crippen molar-refractivity contribution in [2.45, 2.75) is 46.1 Å². The van der Waals surface area contributed by atoms with E-state index in [1.54, 1.807) is 0 Å². The first-order chi connectivity index (χ1) is 8.60. The van der Waals surface area contributed by atoms with Gasteiger partial charge in [0.15, 0.2) is 6.29 Å². The Labute approximate surface area is 107 Å². The van der Waals surface area contributed by atoms with Crippen LogP contribution in [0.5, 0.6) is 0 Å². The number of hydrogen-bond acceptors (Lipinski definition) is 4. The zero-order chi connectivity index (χ0) is 13.2. The SMILES string of the molecule is CC(C)CCc1c(C=O)nnn1CC1(CO)CC1. The molecule has 5 nitrogen and oxygen atoms in total. The minimum absolute atomic E-state index is 0.0135. The molecule has 1 aliphatic carbocycles. The predicted molar refractivity (Wildman–Crippen MR) is 67.3 cm³/mol. The van der Waals surface area contributed by atoms with Gasteiger partial charge in [0, 0.05) is 5.41 Å². The van der Waals surface area contributed by atoms with Crippen LogP contribution < -0.4 is 0 Å². The summed E-state index contributed by atoms with van der Waals surface area (Å²) in [5.74, 6) is 0.584. The second-order valence-electron chi connectivity index (χ2n) is 5.79. The molecule has 0 unspecified atom stereocenters. The maximum Gasteiger partial charge on any atom is 0.172 e. The lowest BCUT2D eigenvalue weighted by atomic mass is 10.0. The van der Waals surface area contributed by atoms with Crippen LogP contribution in [0.15, 0.2) is 0 Å². The van der Waals surface area contributed by atoms with E-state index in [4.69, 9.17) is 0 Å². The average Bonchev–Trinajstić information content (AvgIpc) is 3.01. The van der Waals surface area contributed by atoms with E-state index in [2.05, 4.69) is 24.2 Å². The quantitative estimate of drug-likeness (QED) is 0.745. The van der Waals surface area contributed by atoms with E-state index < -0.39 is 0 Å². The van der Waals surface area contributed by atoms with Crippen molar-refractivity contribution in [2.24, 2.45) is 11.3 Å². The summed E-state index contributed by atoms with van der Waals surface area (Å²) in [7, 11) is 0. The Balaban J connectivity index is 2.13. The van der Waals surface area contributed by atoms with Gasteiger partial charge in [-0.15, -0.1) is 5.10 Å². The zero-order valence-corrected chi connectivity index (χ0v) is 11.1. The number of hydrogen-bond donors (Lipinski definition) is 1. The first kappa shape index (κ1) is 13.2. The molecule has 1 saturated carbocycles. The Hall–Kier alpha value is -1.23. The van der Waals surface area contributed by atoms with Crippen LogP contribution in [0.25, 0.3) is 0 Å². The summed E-state index contributed by atoms with van der Waals surface area (Å²) in [6.07, 6.45) is 4.67. The number of nitrogens with zero attached hydrogens (tertiary/aromatic N) is 3. The van der Waals surface area contributed by atoms with Crippen LogP contribution in [-0.4, -0.2) is 33.0 Å². The fraction of sp³-hybridized carbons (Fsp3) is 0.769. The van der Waals surface area contributed by atoms with Crippen LogP contribution >= 0.6 is 0 Å². The third kappa shape index (κ3) is 2.77. The van der Waals surface area contributed by atoms with Crippen molar-refractivity contribution >= 4 is 6.29 Å². The molecule has 0 spiro atoms.